The van der Waals surface area contributed by atoms with E-state index in [-0.39, 0.29) is 6.61 Å². The summed E-state index contributed by atoms with van der Waals surface area (Å²) in [5.41, 5.74) is 1.29. The second kappa shape index (κ2) is 6.34. The number of aliphatic hydroxyl groups excluding tert-OH is 1. The third-order valence-electron chi connectivity index (χ3n) is 3.90. The molecule has 1 aliphatic rings. The molecular formula is C14H25N3O. The Labute approximate surface area is 110 Å². The predicted molar refractivity (Wildman–Crippen MR) is 72.4 cm³/mol. The first-order chi connectivity index (χ1) is 8.80. The Kier molecular flexibility index (Phi) is 4.78. The maximum atomic E-state index is 9.23. The second-order valence-corrected chi connectivity index (χ2v) is 5.19. The van der Waals surface area contributed by atoms with Gasteiger partial charge in [-0.3, -0.25) is 4.90 Å². The molecule has 0 bridgehead atoms. The number of aromatic nitrogens is 2. The van der Waals surface area contributed by atoms with Crippen molar-refractivity contribution in [1.29, 1.82) is 0 Å². The van der Waals surface area contributed by atoms with Gasteiger partial charge in [-0.25, -0.2) is 4.98 Å². The Morgan fingerprint density at radius 1 is 1.44 bits per heavy atom. The smallest absolute Gasteiger partial charge is 0.0951 e. The zero-order valence-corrected chi connectivity index (χ0v) is 11.5. The highest BCUT2D eigenvalue weighted by Crippen LogP contribution is 2.35. The van der Waals surface area contributed by atoms with Crippen molar-refractivity contribution < 1.29 is 5.11 Å². The summed E-state index contributed by atoms with van der Waals surface area (Å²) in [5.74, 6) is 0. The largest absolute Gasteiger partial charge is 0.395 e. The molecule has 0 spiro atoms. The molecule has 0 saturated heterocycles. The fourth-order valence-electron chi connectivity index (χ4n) is 2.67. The SMILES string of the molecule is CCC(CC)N(CCO)Cc1cncn1C1CC1. The van der Waals surface area contributed by atoms with Crippen LogP contribution < -0.4 is 0 Å². The molecule has 1 heterocycles. The molecule has 1 N–H and O–H groups in total. The van der Waals surface area contributed by atoms with E-state index >= 15 is 0 Å². The quantitative estimate of drug-likeness (QED) is 0.770. The van der Waals surface area contributed by atoms with Crippen LogP contribution in [-0.2, 0) is 6.54 Å². The van der Waals surface area contributed by atoms with Crippen LogP contribution in [0.1, 0.15) is 51.3 Å². The summed E-state index contributed by atoms with van der Waals surface area (Å²) in [5, 5.41) is 9.23. The van der Waals surface area contributed by atoms with Crippen molar-refractivity contribution in [2.75, 3.05) is 13.2 Å². The van der Waals surface area contributed by atoms with Crippen molar-refractivity contribution in [2.24, 2.45) is 0 Å². The molecule has 0 aromatic carbocycles. The van der Waals surface area contributed by atoms with Crippen molar-refractivity contribution in [3.8, 4) is 0 Å². The number of aliphatic hydroxyl groups is 1. The second-order valence-electron chi connectivity index (χ2n) is 5.19. The Hall–Kier alpha value is -0.870. The van der Waals surface area contributed by atoms with Crippen LogP contribution in [0.5, 0.6) is 0 Å². The van der Waals surface area contributed by atoms with Gasteiger partial charge in [0.25, 0.3) is 0 Å². The maximum Gasteiger partial charge on any atom is 0.0951 e. The molecule has 1 fully saturated rings. The number of nitrogens with zero attached hydrogens (tertiary/aromatic N) is 3. The lowest BCUT2D eigenvalue weighted by Gasteiger charge is -2.30. The normalized spacial score (nSPS) is 15.8. The molecule has 0 aliphatic heterocycles. The Bertz CT molecular complexity index is 356. The van der Waals surface area contributed by atoms with Crippen LogP contribution in [0.3, 0.4) is 0 Å². The van der Waals surface area contributed by atoms with E-state index in [1.807, 2.05) is 12.5 Å². The summed E-state index contributed by atoms with van der Waals surface area (Å²) in [4.78, 5) is 6.67. The topological polar surface area (TPSA) is 41.3 Å². The molecule has 4 nitrogen and oxygen atoms in total. The van der Waals surface area contributed by atoms with Gasteiger partial charge in [0, 0.05) is 31.4 Å². The molecular weight excluding hydrogens is 226 g/mol. The number of imidazole rings is 1. The minimum Gasteiger partial charge on any atom is -0.395 e. The van der Waals surface area contributed by atoms with Crippen molar-refractivity contribution in [2.45, 2.75) is 58.2 Å². The van der Waals surface area contributed by atoms with Gasteiger partial charge >= 0.3 is 0 Å². The minimum atomic E-state index is 0.230. The first kappa shape index (κ1) is 13.6. The number of hydrogen-bond acceptors (Lipinski definition) is 3. The van der Waals surface area contributed by atoms with E-state index in [2.05, 4.69) is 28.3 Å². The summed E-state index contributed by atoms with van der Waals surface area (Å²) in [6.45, 7) is 6.33. The molecule has 0 unspecified atom stereocenters. The van der Waals surface area contributed by atoms with Crippen molar-refractivity contribution >= 4 is 0 Å². The van der Waals surface area contributed by atoms with Crippen LogP contribution >= 0.6 is 0 Å². The highest BCUT2D eigenvalue weighted by molar-refractivity contribution is 5.03. The molecule has 0 amide bonds. The van der Waals surface area contributed by atoms with Crippen molar-refractivity contribution in [1.82, 2.24) is 14.5 Å². The molecule has 1 saturated carbocycles. The maximum absolute atomic E-state index is 9.23. The molecule has 1 aliphatic carbocycles. The van der Waals surface area contributed by atoms with E-state index < -0.39 is 0 Å². The highest BCUT2D eigenvalue weighted by Gasteiger charge is 2.26. The molecule has 0 radical (unpaired) electrons. The van der Waals surface area contributed by atoms with Gasteiger partial charge in [-0.05, 0) is 25.7 Å². The third kappa shape index (κ3) is 3.12. The van der Waals surface area contributed by atoms with Gasteiger partial charge < -0.3 is 9.67 Å². The molecule has 2 rings (SSSR count). The van der Waals surface area contributed by atoms with Gasteiger partial charge in [-0.15, -0.1) is 0 Å². The molecule has 102 valence electrons. The average molecular weight is 251 g/mol. The van der Waals surface area contributed by atoms with Gasteiger partial charge in [0.1, 0.15) is 0 Å². The van der Waals surface area contributed by atoms with E-state index in [1.54, 1.807) is 0 Å². The van der Waals surface area contributed by atoms with Gasteiger partial charge in [-0.1, -0.05) is 13.8 Å². The summed E-state index contributed by atoms with van der Waals surface area (Å²) in [6.07, 6.45) is 8.77. The Morgan fingerprint density at radius 3 is 2.72 bits per heavy atom. The lowest BCUT2D eigenvalue weighted by Crippen LogP contribution is -2.36. The van der Waals surface area contributed by atoms with E-state index in [9.17, 15) is 5.11 Å². The minimum absolute atomic E-state index is 0.230. The predicted octanol–water partition coefficient (Wildman–Crippen LogP) is 2.20. The standard InChI is InChI=1S/C14H25N3O/c1-3-12(4-2)16(7-8-18)10-14-9-15-11-17(14)13-5-6-13/h9,11-13,18H,3-8,10H2,1-2H3. The molecule has 18 heavy (non-hydrogen) atoms. The monoisotopic (exact) mass is 251 g/mol. The number of hydrogen-bond donors (Lipinski definition) is 1. The number of rotatable bonds is 8. The fraction of sp³-hybridized carbons (Fsp3) is 0.786. The van der Waals surface area contributed by atoms with E-state index in [4.69, 9.17) is 0 Å². The third-order valence-corrected chi connectivity index (χ3v) is 3.90. The summed E-state index contributed by atoms with van der Waals surface area (Å²) >= 11 is 0. The van der Waals surface area contributed by atoms with Crippen molar-refractivity contribution in [3.63, 3.8) is 0 Å². The summed E-state index contributed by atoms with van der Waals surface area (Å²) in [7, 11) is 0. The van der Waals surface area contributed by atoms with Crippen molar-refractivity contribution in [3.05, 3.63) is 18.2 Å². The van der Waals surface area contributed by atoms with Crippen LogP contribution in [0.15, 0.2) is 12.5 Å². The summed E-state index contributed by atoms with van der Waals surface area (Å²) < 4.78 is 2.31. The van der Waals surface area contributed by atoms with E-state index in [1.165, 1.54) is 18.5 Å². The van der Waals surface area contributed by atoms with Crippen LogP contribution in [0.25, 0.3) is 0 Å². The zero-order valence-electron chi connectivity index (χ0n) is 11.5. The van der Waals surface area contributed by atoms with Gasteiger partial charge in [0.15, 0.2) is 0 Å². The first-order valence-electron chi connectivity index (χ1n) is 7.15. The van der Waals surface area contributed by atoms with Crippen LogP contribution in [-0.4, -0.2) is 38.8 Å². The van der Waals surface area contributed by atoms with E-state index in [0.29, 0.717) is 12.1 Å². The fourth-order valence-corrected chi connectivity index (χ4v) is 2.67. The van der Waals surface area contributed by atoms with Crippen LogP contribution in [0.2, 0.25) is 0 Å². The lowest BCUT2D eigenvalue weighted by atomic mass is 10.1. The Morgan fingerprint density at radius 2 is 2.17 bits per heavy atom. The highest BCUT2D eigenvalue weighted by atomic mass is 16.3. The van der Waals surface area contributed by atoms with E-state index in [0.717, 1.165) is 25.9 Å². The lowest BCUT2D eigenvalue weighted by molar-refractivity contribution is 0.134. The Balaban J connectivity index is 2.04. The van der Waals surface area contributed by atoms with Crippen LogP contribution in [0, 0.1) is 0 Å². The van der Waals surface area contributed by atoms with Gasteiger partial charge in [0.2, 0.25) is 0 Å². The molecule has 4 heteroatoms. The zero-order chi connectivity index (χ0) is 13.0. The average Bonchev–Trinajstić information content (AvgIpc) is 3.12. The molecule has 1 aromatic heterocycles. The molecule has 1 aromatic rings. The first-order valence-corrected chi connectivity index (χ1v) is 7.15. The van der Waals surface area contributed by atoms with Crippen LogP contribution in [0.4, 0.5) is 0 Å². The molecule has 0 atom stereocenters. The van der Waals surface area contributed by atoms with Gasteiger partial charge in [0.05, 0.1) is 18.6 Å². The van der Waals surface area contributed by atoms with Gasteiger partial charge in [-0.2, -0.15) is 0 Å². The summed E-state index contributed by atoms with van der Waals surface area (Å²) in [6, 6.07) is 1.24.